The lowest BCUT2D eigenvalue weighted by molar-refractivity contribution is -0.119. The summed E-state index contributed by atoms with van der Waals surface area (Å²) in [4.78, 5) is 37.6. The summed E-state index contributed by atoms with van der Waals surface area (Å²) in [5.41, 5.74) is 3.60. The van der Waals surface area contributed by atoms with E-state index in [1.54, 1.807) is 13.2 Å². The first-order valence-corrected chi connectivity index (χ1v) is 14.3. The van der Waals surface area contributed by atoms with Gasteiger partial charge in [0.2, 0.25) is 5.91 Å². The molecule has 3 aromatic rings. The summed E-state index contributed by atoms with van der Waals surface area (Å²) in [7, 11) is 1.57. The van der Waals surface area contributed by atoms with Gasteiger partial charge in [-0.2, -0.15) is 5.10 Å². The van der Waals surface area contributed by atoms with Crippen LogP contribution >= 0.6 is 0 Å². The largest absolute Gasteiger partial charge is 0.496 e. The van der Waals surface area contributed by atoms with Crippen LogP contribution in [0.4, 0.5) is 10.6 Å². The standard InChI is InChI=1S/C32H38N4O6/c1-32(2,3)34-31(39)42-22-11-10-20(12-22)26-15-29(36-35-26)33-30(38)21-13-23-24(14-21)27(40-4)16-28(25(23)17-37)41-18-19-8-6-5-7-9-19/h5-9,15-17,20-22H,10-14,18H2,1-4H3,(H,34,39)(H2,33,35,36,38)/t20-,21?,22+/m0/s1. The average Bonchev–Trinajstić information content (AvgIpc) is 3.71. The third-order valence-corrected chi connectivity index (χ3v) is 7.79. The van der Waals surface area contributed by atoms with E-state index in [0.717, 1.165) is 41.5 Å². The van der Waals surface area contributed by atoms with Crippen molar-refractivity contribution in [3.8, 4) is 11.5 Å². The first kappa shape index (κ1) is 29.2. The Labute approximate surface area is 245 Å². The van der Waals surface area contributed by atoms with Crippen LogP contribution in [0.3, 0.4) is 0 Å². The van der Waals surface area contributed by atoms with Crippen molar-refractivity contribution in [1.82, 2.24) is 15.5 Å². The number of aromatic nitrogens is 2. The predicted molar refractivity (Wildman–Crippen MR) is 157 cm³/mol. The molecule has 222 valence electrons. The Morgan fingerprint density at radius 2 is 1.83 bits per heavy atom. The number of carbonyl (C=O) groups is 3. The van der Waals surface area contributed by atoms with E-state index in [0.29, 0.717) is 48.7 Å². The van der Waals surface area contributed by atoms with Gasteiger partial charge < -0.3 is 24.8 Å². The molecule has 10 nitrogen and oxygen atoms in total. The lowest BCUT2D eigenvalue weighted by atomic mass is 10.0. The third kappa shape index (κ3) is 6.75. The van der Waals surface area contributed by atoms with Gasteiger partial charge in [-0.05, 0) is 69.6 Å². The van der Waals surface area contributed by atoms with E-state index in [4.69, 9.17) is 14.2 Å². The number of H-pyrrole nitrogens is 1. The van der Waals surface area contributed by atoms with Crippen molar-refractivity contribution >= 4 is 24.1 Å². The van der Waals surface area contributed by atoms with E-state index in [1.165, 1.54) is 0 Å². The molecule has 42 heavy (non-hydrogen) atoms. The topological polar surface area (TPSA) is 132 Å². The number of benzene rings is 2. The number of nitrogens with one attached hydrogen (secondary N) is 3. The molecular weight excluding hydrogens is 536 g/mol. The minimum atomic E-state index is -0.410. The smallest absolute Gasteiger partial charge is 0.407 e. The molecule has 3 atom stereocenters. The summed E-state index contributed by atoms with van der Waals surface area (Å²) in [5, 5.41) is 13.1. The van der Waals surface area contributed by atoms with Crippen LogP contribution in [0.25, 0.3) is 0 Å². The summed E-state index contributed by atoms with van der Waals surface area (Å²) < 4.78 is 17.2. The zero-order valence-electron chi connectivity index (χ0n) is 24.5. The molecule has 10 heteroatoms. The Morgan fingerprint density at radius 3 is 2.55 bits per heavy atom. The lowest BCUT2D eigenvalue weighted by Gasteiger charge is -2.22. The van der Waals surface area contributed by atoms with Crippen LogP contribution in [0, 0.1) is 5.92 Å². The molecule has 1 aromatic heterocycles. The van der Waals surface area contributed by atoms with Crippen molar-refractivity contribution in [2.75, 3.05) is 12.4 Å². The minimum absolute atomic E-state index is 0.153. The van der Waals surface area contributed by atoms with Crippen LogP contribution < -0.4 is 20.1 Å². The number of ether oxygens (including phenoxy) is 3. The van der Waals surface area contributed by atoms with Gasteiger partial charge in [0.25, 0.3) is 0 Å². The molecule has 0 radical (unpaired) electrons. The van der Waals surface area contributed by atoms with Crippen LogP contribution in [0.2, 0.25) is 0 Å². The molecule has 2 aromatic carbocycles. The number of hydrogen-bond donors (Lipinski definition) is 3. The van der Waals surface area contributed by atoms with Gasteiger partial charge in [-0.3, -0.25) is 14.7 Å². The molecule has 1 saturated carbocycles. The van der Waals surface area contributed by atoms with Gasteiger partial charge in [0, 0.05) is 35.2 Å². The molecule has 0 bridgehead atoms. The molecule has 3 N–H and O–H groups in total. The highest BCUT2D eigenvalue weighted by Crippen LogP contribution is 2.41. The normalized spacial score (nSPS) is 19.6. The maximum absolute atomic E-state index is 13.3. The van der Waals surface area contributed by atoms with Crippen molar-refractivity contribution in [2.24, 2.45) is 5.92 Å². The molecular formula is C32H38N4O6. The van der Waals surface area contributed by atoms with Crippen LogP contribution in [0.15, 0.2) is 42.5 Å². The van der Waals surface area contributed by atoms with Gasteiger partial charge in [-0.15, -0.1) is 0 Å². The Bertz CT molecular complexity index is 1450. The van der Waals surface area contributed by atoms with Gasteiger partial charge in [0.05, 0.1) is 12.7 Å². The van der Waals surface area contributed by atoms with E-state index < -0.39 is 6.09 Å². The summed E-state index contributed by atoms with van der Waals surface area (Å²) in [6.45, 7) is 6.04. The Morgan fingerprint density at radius 1 is 1.07 bits per heavy atom. The van der Waals surface area contributed by atoms with E-state index in [1.807, 2.05) is 57.2 Å². The minimum Gasteiger partial charge on any atom is -0.496 e. The number of methoxy groups -OCH3 is 1. The number of nitrogens with zero attached hydrogens (tertiary/aromatic N) is 1. The molecule has 1 heterocycles. The van der Waals surface area contributed by atoms with Gasteiger partial charge in [0.1, 0.15) is 24.2 Å². The van der Waals surface area contributed by atoms with Crippen LogP contribution in [-0.2, 0) is 29.0 Å². The Kier molecular flexibility index (Phi) is 8.51. The van der Waals surface area contributed by atoms with E-state index in [9.17, 15) is 14.4 Å². The SMILES string of the molecule is COc1cc(OCc2ccccc2)c(C=O)c2c1CC(C(=O)Nc1cc([C@H]3CC[C@@H](OC(=O)NC(C)(C)C)C3)[nH]n1)C2. The quantitative estimate of drug-likeness (QED) is 0.295. The molecule has 0 aliphatic heterocycles. The number of anilines is 1. The number of fused-ring (bicyclic) bond motifs is 1. The molecule has 5 rings (SSSR count). The molecule has 2 amide bonds. The molecule has 0 saturated heterocycles. The Hall–Kier alpha value is -4.34. The number of hydrogen-bond acceptors (Lipinski definition) is 7. The number of amides is 2. The second-order valence-electron chi connectivity index (χ2n) is 12.1. The van der Waals surface area contributed by atoms with Crippen molar-refractivity contribution in [3.63, 3.8) is 0 Å². The second-order valence-corrected chi connectivity index (χ2v) is 12.1. The van der Waals surface area contributed by atoms with E-state index >= 15 is 0 Å². The van der Waals surface area contributed by atoms with Crippen LogP contribution in [0.5, 0.6) is 11.5 Å². The molecule has 1 unspecified atom stereocenters. The second kappa shape index (κ2) is 12.3. The summed E-state index contributed by atoms with van der Waals surface area (Å²) in [6.07, 6.45) is 3.36. The van der Waals surface area contributed by atoms with Gasteiger partial charge in [-0.25, -0.2) is 4.79 Å². The first-order chi connectivity index (χ1) is 20.1. The average molecular weight is 575 g/mol. The van der Waals surface area contributed by atoms with Crippen molar-refractivity contribution in [2.45, 2.75) is 77.0 Å². The summed E-state index contributed by atoms with van der Waals surface area (Å²) in [5.74, 6) is 1.07. The Balaban J connectivity index is 1.21. The maximum atomic E-state index is 13.3. The van der Waals surface area contributed by atoms with Gasteiger partial charge in [-0.1, -0.05) is 30.3 Å². The molecule has 0 spiro atoms. The highest BCUT2D eigenvalue weighted by atomic mass is 16.6. The monoisotopic (exact) mass is 574 g/mol. The van der Waals surface area contributed by atoms with E-state index in [-0.39, 0.29) is 29.4 Å². The fourth-order valence-corrected chi connectivity index (χ4v) is 5.77. The van der Waals surface area contributed by atoms with Gasteiger partial charge in [0.15, 0.2) is 12.1 Å². The number of aromatic amines is 1. The third-order valence-electron chi connectivity index (χ3n) is 7.79. The number of rotatable bonds is 9. The number of aldehydes is 1. The fourth-order valence-electron chi connectivity index (χ4n) is 5.77. The van der Waals surface area contributed by atoms with Crippen LogP contribution in [0.1, 0.15) is 78.7 Å². The maximum Gasteiger partial charge on any atom is 0.407 e. The summed E-state index contributed by atoms with van der Waals surface area (Å²) >= 11 is 0. The molecule has 2 aliphatic rings. The van der Waals surface area contributed by atoms with Crippen molar-refractivity contribution < 1.29 is 28.6 Å². The molecule has 2 aliphatic carbocycles. The number of alkyl carbamates (subject to hydrolysis) is 1. The zero-order valence-corrected chi connectivity index (χ0v) is 24.5. The number of carbonyl (C=O) groups excluding carboxylic acids is 3. The van der Waals surface area contributed by atoms with Crippen LogP contribution in [-0.4, -0.2) is 47.2 Å². The first-order valence-electron chi connectivity index (χ1n) is 14.3. The highest BCUT2D eigenvalue weighted by Gasteiger charge is 2.34. The molecule has 1 fully saturated rings. The van der Waals surface area contributed by atoms with Crippen molar-refractivity contribution in [3.05, 3.63) is 70.4 Å². The summed E-state index contributed by atoms with van der Waals surface area (Å²) in [6, 6.07) is 13.3. The highest BCUT2D eigenvalue weighted by molar-refractivity contribution is 5.94. The van der Waals surface area contributed by atoms with Crippen molar-refractivity contribution in [1.29, 1.82) is 0 Å². The van der Waals surface area contributed by atoms with Gasteiger partial charge >= 0.3 is 6.09 Å². The zero-order chi connectivity index (χ0) is 29.9. The van der Waals surface area contributed by atoms with E-state index in [2.05, 4.69) is 20.8 Å². The fraction of sp³-hybridized carbons (Fsp3) is 0.438. The predicted octanol–water partition coefficient (Wildman–Crippen LogP) is 5.32. The lowest BCUT2D eigenvalue weighted by Crippen LogP contribution is -2.42.